The number of amides is 2. The van der Waals surface area contributed by atoms with Crippen LogP contribution in [0.4, 0.5) is 0 Å². The van der Waals surface area contributed by atoms with Crippen LogP contribution in [0.2, 0.25) is 0 Å². The van der Waals surface area contributed by atoms with Crippen molar-refractivity contribution in [2.75, 3.05) is 6.54 Å². The number of carbonyl (C=O) groups is 2. The first-order chi connectivity index (χ1) is 11.5. The number of piperidine rings is 1. The number of nitrogens with zero attached hydrogens (tertiary/aromatic N) is 2. The highest BCUT2D eigenvalue weighted by atomic mass is 35.5. The molecule has 2 heterocycles. The largest absolute Gasteiger partial charge is 0.330 e. The number of nitrogens with one attached hydrogen (secondary N) is 1. The fourth-order valence-corrected chi connectivity index (χ4v) is 3.41. The van der Waals surface area contributed by atoms with Gasteiger partial charge in [-0.2, -0.15) is 0 Å². The van der Waals surface area contributed by atoms with Crippen molar-refractivity contribution >= 4 is 35.3 Å². The molecule has 0 bridgehead atoms. The molecule has 1 aromatic carbocycles. The lowest BCUT2D eigenvalue weighted by Crippen LogP contribution is -2.44. The summed E-state index contributed by atoms with van der Waals surface area (Å²) in [6.45, 7) is 0.645. The van der Waals surface area contributed by atoms with Crippen LogP contribution in [0, 0.1) is 0 Å². The molecule has 3 rings (SSSR count). The first-order valence-corrected chi connectivity index (χ1v) is 8.27. The summed E-state index contributed by atoms with van der Waals surface area (Å²) in [5.41, 5.74) is 7.99. The molecule has 1 aromatic heterocycles. The fraction of sp³-hybridized carbons (Fsp3) is 0.471. The van der Waals surface area contributed by atoms with Gasteiger partial charge < -0.3 is 5.73 Å². The molecule has 1 fully saturated rings. The SMILES string of the molecule is Cl.Cn1c(=O)n(C2CCC(=O)NC2=O)c2cccc(CCCCN)c21. The monoisotopic (exact) mass is 366 g/mol. The van der Waals surface area contributed by atoms with Gasteiger partial charge in [-0.25, -0.2) is 4.79 Å². The fourth-order valence-electron chi connectivity index (χ4n) is 3.41. The third-order valence-electron chi connectivity index (χ3n) is 4.61. The number of aromatic nitrogens is 2. The van der Waals surface area contributed by atoms with Crippen LogP contribution in [0.3, 0.4) is 0 Å². The van der Waals surface area contributed by atoms with Gasteiger partial charge in [0, 0.05) is 13.5 Å². The number of rotatable bonds is 5. The van der Waals surface area contributed by atoms with Gasteiger partial charge in [-0.3, -0.25) is 24.0 Å². The molecule has 136 valence electrons. The van der Waals surface area contributed by atoms with Crippen LogP contribution in [0.25, 0.3) is 11.0 Å². The van der Waals surface area contributed by atoms with Crippen LogP contribution in [-0.4, -0.2) is 27.5 Å². The normalized spacial score (nSPS) is 17.4. The Morgan fingerprint density at radius 3 is 2.68 bits per heavy atom. The van der Waals surface area contributed by atoms with E-state index in [4.69, 9.17) is 5.73 Å². The minimum absolute atomic E-state index is 0. The highest BCUT2D eigenvalue weighted by molar-refractivity contribution is 6.00. The number of imidazole rings is 1. The third kappa shape index (κ3) is 3.48. The number of imide groups is 1. The first kappa shape index (κ1) is 19.2. The Kier molecular flexibility index (Phi) is 6.02. The van der Waals surface area contributed by atoms with E-state index in [0.29, 0.717) is 13.0 Å². The molecule has 1 atom stereocenters. The number of halogens is 1. The lowest BCUT2D eigenvalue weighted by atomic mass is 10.0. The highest BCUT2D eigenvalue weighted by Gasteiger charge is 2.31. The molecule has 0 aliphatic carbocycles. The third-order valence-corrected chi connectivity index (χ3v) is 4.61. The van der Waals surface area contributed by atoms with E-state index in [1.54, 1.807) is 11.6 Å². The molecule has 1 aliphatic rings. The summed E-state index contributed by atoms with van der Waals surface area (Å²) in [6.07, 6.45) is 3.31. The second-order valence-electron chi connectivity index (χ2n) is 6.21. The molecule has 3 N–H and O–H groups in total. The zero-order valence-electron chi connectivity index (χ0n) is 14.2. The summed E-state index contributed by atoms with van der Waals surface area (Å²) < 4.78 is 3.11. The molecule has 0 radical (unpaired) electrons. The van der Waals surface area contributed by atoms with Crippen LogP contribution in [0.15, 0.2) is 23.0 Å². The van der Waals surface area contributed by atoms with Crippen LogP contribution in [0.5, 0.6) is 0 Å². The Bertz CT molecular complexity index is 855. The Morgan fingerprint density at radius 2 is 2.00 bits per heavy atom. The van der Waals surface area contributed by atoms with Crippen LogP contribution >= 0.6 is 12.4 Å². The molecule has 8 heteroatoms. The first-order valence-electron chi connectivity index (χ1n) is 8.27. The molecular formula is C17H23ClN4O3. The minimum atomic E-state index is -0.641. The molecular weight excluding hydrogens is 344 g/mol. The average Bonchev–Trinajstić information content (AvgIpc) is 2.81. The zero-order chi connectivity index (χ0) is 17.3. The predicted molar refractivity (Wildman–Crippen MR) is 97.8 cm³/mol. The number of benzene rings is 1. The van der Waals surface area contributed by atoms with Gasteiger partial charge in [-0.15, -0.1) is 12.4 Å². The lowest BCUT2D eigenvalue weighted by Gasteiger charge is -2.21. The van der Waals surface area contributed by atoms with E-state index in [1.807, 2.05) is 18.2 Å². The maximum absolute atomic E-state index is 12.7. The van der Waals surface area contributed by atoms with Crippen LogP contribution in [-0.2, 0) is 23.1 Å². The van der Waals surface area contributed by atoms with E-state index in [1.165, 1.54) is 4.57 Å². The van der Waals surface area contributed by atoms with Gasteiger partial charge in [0.1, 0.15) is 6.04 Å². The summed E-state index contributed by atoms with van der Waals surface area (Å²) in [4.78, 5) is 36.3. The van der Waals surface area contributed by atoms with Crippen molar-refractivity contribution in [3.8, 4) is 0 Å². The van der Waals surface area contributed by atoms with Crippen molar-refractivity contribution in [3.05, 3.63) is 34.2 Å². The number of fused-ring (bicyclic) bond motifs is 1. The number of carbonyl (C=O) groups excluding carboxylic acids is 2. The van der Waals surface area contributed by atoms with Gasteiger partial charge >= 0.3 is 5.69 Å². The molecule has 2 aromatic rings. The number of para-hydroxylation sites is 1. The molecule has 0 saturated carbocycles. The lowest BCUT2D eigenvalue weighted by molar-refractivity contribution is -0.135. The van der Waals surface area contributed by atoms with Gasteiger partial charge in [0.2, 0.25) is 11.8 Å². The summed E-state index contributed by atoms with van der Waals surface area (Å²) in [5.74, 6) is -0.693. The summed E-state index contributed by atoms with van der Waals surface area (Å²) in [6, 6.07) is 5.13. The van der Waals surface area contributed by atoms with E-state index in [9.17, 15) is 14.4 Å². The van der Waals surface area contributed by atoms with E-state index in [2.05, 4.69) is 5.32 Å². The maximum Gasteiger partial charge on any atom is 0.329 e. The number of aryl methyl sites for hydroxylation is 2. The quantitative estimate of drug-likeness (QED) is 0.609. The zero-order valence-corrected chi connectivity index (χ0v) is 15.0. The highest BCUT2D eigenvalue weighted by Crippen LogP contribution is 2.25. The molecule has 1 unspecified atom stereocenters. The molecule has 0 spiro atoms. The second kappa shape index (κ2) is 7.84. The second-order valence-corrected chi connectivity index (χ2v) is 6.21. The Hall–Kier alpha value is -2.12. The van der Waals surface area contributed by atoms with Gasteiger partial charge in [0.05, 0.1) is 11.0 Å². The number of nitrogens with two attached hydrogens (primary N) is 1. The molecule has 2 amide bonds. The smallest absolute Gasteiger partial charge is 0.329 e. The summed E-state index contributed by atoms with van der Waals surface area (Å²) >= 11 is 0. The van der Waals surface area contributed by atoms with E-state index in [-0.39, 0.29) is 30.4 Å². The van der Waals surface area contributed by atoms with E-state index in [0.717, 1.165) is 35.9 Å². The Morgan fingerprint density at radius 1 is 1.24 bits per heavy atom. The van der Waals surface area contributed by atoms with Crippen molar-refractivity contribution in [1.82, 2.24) is 14.5 Å². The molecule has 7 nitrogen and oxygen atoms in total. The number of hydrogen-bond donors (Lipinski definition) is 2. The predicted octanol–water partition coefficient (Wildman–Crippen LogP) is 1.02. The maximum atomic E-state index is 12.7. The van der Waals surface area contributed by atoms with Crippen molar-refractivity contribution in [2.45, 2.75) is 38.1 Å². The Balaban J connectivity index is 0.00000225. The molecule has 25 heavy (non-hydrogen) atoms. The van der Waals surface area contributed by atoms with Crippen molar-refractivity contribution in [2.24, 2.45) is 12.8 Å². The summed E-state index contributed by atoms with van der Waals surface area (Å²) in [5, 5.41) is 2.32. The van der Waals surface area contributed by atoms with Crippen molar-refractivity contribution in [3.63, 3.8) is 0 Å². The van der Waals surface area contributed by atoms with Gasteiger partial charge in [-0.05, 0) is 43.9 Å². The van der Waals surface area contributed by atoms with Crippen molar-refractivity contribution < 1.29 is 9.59 Å². The van der Waals surface area contributed by atoms with Gasteiger partial charge in [-0.1, -0.05) is 12.1 Å². The minimum Gasteiger partial charge on any atom is -0.330 e. The standard InChI is InChI=1S/C17H22N4O3.ClH/c1-20-15-11(5-2-3-10-18)6-4-7-12(15)21(17(20)24)13-8-9-14(22)19-16(13)23;/h4,6-7,13H,2-3,5,8-10,18H2,1H3,(H,19,22,23);1H. The van der Waals surface area contributed by atoms with Crippen LogP contribution in [0.1, 0.15) is 37.3 Å². The van der Waals surface area contributed by atoms with Crippen molar-refractivity contribution in [1.29, 1.82) is 0 Å². The van der Waals surface area contributed by atoms with E-state index < -0.39 is 11.9 Å². The molecule has 1 saturated heterocycles. The van der Waals surface area contributed by atoms with Gasteiger partial charge in [0.25, 0.3) is 0 Å². The van der Waals surface area contributed by atoms with Gasteiger partial charge in [0.15, 0.2) is 0 Å². The molecule has 1 aliphatic heterocycles. The topological polar surface area (TPSA) is 99.1 Å². The number of hydrogen-bond acceptors (Lipinski definition) is 4. The van der Waals surface area contributed by atoms with E-state index >= 15 is 0 Å². The number of unbranched alkanes of at least 4 members (excludes halogenated alkanes) is 1. The summed E-state index contributed by atoms with van der Waals surface area (Å²) in [7, 11) is 1.72. The van der Waals surface area contributed by atoms with Crippen LogP contribution < -0.4 is 16.7 Å². The Labute approximate surface area is 151 Å². The average molecular weight is 367 g/mol.